The van der Waals surface area contributed by atoms with Crippen LogP contribution in [0.2, 0.25) is 0 Å². The maximum atomic E-state index is 11.1. The van der Waals surface area contributed by atoms with Gasteiger partial charge >= 0.3 is 0 Å². The van der Waals surface area contributed by atoms with Crippen LogP contribution in [0.25, 0.3) is 22.8 Å². The molecule has 0 saturated heterocycles. The summed E-state index contributed by atoms with van der Waals surface area (Å²) in [6.45, 7) is 0. The Kier molecular flexibility index (Phi) is 3.85. The molecular weight excluding hydrogens is 290 g/mol. The molecule has 1 aromatic heterocycles. The number of carbonyl (C=O) groups is 1. The lowest BCUT2D eigenvalue weighted by atomic mass is 10.1. The number of amides is 1. The van der Waals surface area contributed by atoms with Crippen LogP contribution in [0.1, 0.15) is 10.4 Å². The highest BCUT2D eigenvalue weighted by Crippen LogP contribution is 2.27. The molecule has 2 aromatic carbocycles. The average molecular weight is 307 g/mol. The Morgan fingerprint density at radius 3 is 2.17 bits per heavy atom. The average Bonchev–Trinajstić information content (AvgIpc) is 3.05. The second kappa shape index (κ2) is 5.96. The van der Waals surface area contributed by atoms with E-state index in [1.807, 2.05) is 43.3 Å². The van der Waals surface area contributed by atoms with Crippen molar-refractivity contribution in [2.75, 3.05) is 19.0 Å². The molecule has 0 aliphatic heterocycles. The molecule has 1 heterocycles. The Morgan fingerprint density at radius 2 is 1.61 bits per heavy atom. The Bertz CT molecular complexity index is 818. The van der Waals surface area contributed by atoms with Crippen molar-refractivity contribution in [2.24, 2.45) is 5.73 Å². The van der Waals surface area contributed by atoms with Crippen molar-refractivity contribution in [3.8, 4) is 22.8 Å². The highest BCUT2D eigenvalue weighted by Gasteiger charge is 2.09. The van der Waals surface area contributed by atoms with E-state index in [0.717, 1.165) is 16.8 Å². The molecule has 3 aromatic rings. The molecule has 0 aliphatic rings. The number of hydrogen-bond donors (Lipinski definition) is 1. The molecule has 116 valence electrons. The van der Waals surface area contributed by atoms with Crippen molar-refractivity contribution < 1.29 is 9.21 Å². The maximum absolute atomic E-state index is 11.1. The number of nitrogens with two attached hydrogens (primary N) is 1. The monoisotopic (exact) mass is 307 g/mol. The van der Waals surface area contributed by atoms with Gasteiger partial charge in [0.1, 0.15) is 0 Å². The summed E-state index contributed by atoms with van der Waals surface area (Å²) in [5.74, 6) is 0.752. The van der Waals surface area contributed by atoms with E-state index < -0.39 is 5.91 Å². The molecule has 0 unspecified atom stereocenters. The molecule has 2 N–H and O–H groups in total. The molecule has 0 atom stereocenters. The summed E-state index contributed by atoms with van der Waals surface area (Å²) in [5.41, 5.74) is 8.57. The third-order valence-corrected chi connectivity index (χ3v) is 3.59. The van der Waals surface area contributed by atoms with Crippen molar-refractivity contribution in [2.45, 2.75) is 0 Å². The zero-order valence-electron chi connectivity index (χ0n) is 13.0. The molecule has 0 bridgehead atoms. The fourth-order valence-corrected chi connectivity index (χ4v) is 2.24. The predicted octanol–water partition coefficient (Wildman–Crippen LogP) is 3.17. The van der Waals surface area contributed by atoms with E-state index in [1.54, 1.807) is 30.5 Å². The van der Waals surface area contributed by atoms with Crippen molar-refractivity contribution in [1.29, 1.82) is 0 Å². The van der Waals surface area contributed by atoms with E-state index in [4.69, 9.17) is 10.2 Å². The highest BCUT2D eigenvalue weighted by atomic mass is 16.4. The maximum Gasteiger partial charge on any atom is 0.248 e. The largest absolute Gasteiger partial charge is 0.436 e. The molecular formula is C18H17N3O2. The smallest absolute Gasteiger partial charge is 0.248 e. The summed E-state index contributed by atoms with van der Waals surface area (Å²) in [7, 11) is 3.99. The van der Waals surface area contributed by atoms with Gasteiger partial charge in [-0.1, -0.05) is 0 Å². The Morgan fingerprint density at radius 1 is 1.00 bits per heavy atom. The number of primary amides is 1. The fourth-order valence-electron chi connectivity index (χ4n) is 2.24. The molecule has 3 rings (SSSR count). The second-order valence-electron chi connectivity index (χ2n) is 5.41. The van der Waals surface area contributed by atoms with E-state index in [-0.39, 0.29) is 0 Å². The minimum atomic E-state index is -0.453. The van der Waals surface area contributed by atoms with E-state index in [9.17, 15) is 4.79 Å². The first kappa shape index (κ1) is 14.8. The third kappa shape index (κ3) is 3.08. The number of carbonyl (C=O) groups excluding carboxylic acids is 1. The molecule has 5 nitrogen and oxygen atoms in total. The lowest BCUT2D eigenvalue weighted by Crippen LogP contribution is -2.10. The van der Waals surface area contributed by atoms with Crippen molar-refractivity contribution in [3.05, 3.63) is 60.3 Å². The van der Waals surface area contributed by atoms with Crippen LogP contribution < -0.4 is 10.6 Å². The highest BCUT2D eigenvalue weighted by molar-refractivity contribution is 5.93. The number of hydrogen-bond acceptors (Lipinski definition) is 4. The summed E-state index contributed by atoms with van der Waals surface area (Å²) in [6.07, 6.45) is 1.70. The van der Waals surface area contributed by atoms with Crippen LogP contribution in [0.15, 0.2) is 59.1 Å². The molecule has 0 saturated carbocycles. The van der Waals surface area contributed by atoms with Gasteiger partial charge in [0.15, 0.2) is 5.76 Å². The van der Waals surface area contributed by atoms with Crippen molar-refractivity contribution >= 4 is 11.6 Å². The zero-order valence-corrected chi connectivity index (χ0v) is 13.0. The van der Waals surface area contributed by atoms with Crippen LogP contribution >= 0.6 is 0 Å². The SMILES string of the molecule is CN(C)c1ccc(-c2cnc(-c3ccc(C(N)=O)cc3)o2)cc1. The number of nitrogens with zero attached hydrogens (tertiary/aromatic N) is 2. The van der Waals surface area contributed by atoms with Gasteiger partial charge in [-0.05, 0) is 48.5 Å². The van der Waals surface area contributed by atoms with Crippen molar-refractivity contribution in [3.63, 3.8) is 0 Å². The zero-order chi connectivity index (χ0) is 16.4. The summed E-state index contributed by atoms with van der Waals surface area (Å²) >= 11 is 0. The number of benzene rings is 2. The van der Waals surface area contributed by atoms with Gasteiger partial charge in [-0.3, -0.25) is 4.79 Å². The lowest BCUT2D eigenvalue weighted by Gasteiger charge is -2.11. The number of oxazole rings is 1. The van der Waals surface area contributed by atoms with Crippen LogP contribution in [-0.4, -0.2) is 25.0 Å². The van der Waals surface area contributed by atoms with Gasteiger partial charge in [-0.15, -0.1) is 0 Å². The van der Waals surface area contributed by atoms with Crippen LogP contribution in [-0.2, 0) is 0 Å². The van der Waals surface area contributed by atoms with Gasteiger partial charge < -0.3 is 15.1 Å². The van der Waals surface area contributed by atoms with Crippen molar-refractivity contribution in [1.82, 2.24) is 4.98 Å². The molecule has 1 amide bonds. The summed E-state index contributed by atoms with van der Waals surface area (Å²) in [6, 6.07) is 14.9. The van der Waals surface area contributed by atoms with Gasteiger partial charge in [-0.25, -0.2) is 4.98 Å². The van der Waals surface area contributed by atoms with Gasteiger partial charge in [0.2, 0.25) is 11.8 Å². The van der Waals surface area contributed by atoms with Gasteiger partial charge in [-0.2, -0.15) is 0 Å². The number of aromatic nitrogens is 1. The fraction of sp³-hybridized carbons (Fsp3) is 0.111. The lowest BCUT2D eigenvalue weighted by molar-refractivity contribution is 0.100. The number of anilines is 1. The van der Waals surface area contributed by atoms with E-state index in [0.29, 0.717) is 17.2 Å². The van der Waals surface area contributed by atoms with Crippen LogP contribution in [0.5, 0.6) is 0 Å². The minimum Gasteiger partial charge on any atom is -0.436 e. The van der Waals surface area contributed by atoms with E-state index in [1.165, 1.54) is 0 Å². The summed E-state index contributed by atoms with van der Waals surface area (Å²) in [5, 5.41) is 0. The topological polar surface area (TPSA) is 72.4 Å². The second-order valence-corrected chi connectivity index (χ2v) is 5.41. The quantitative estimate of drug-likeness (QED) is 0.803. The predicted molar refractivity (Wildman–Crippen MR) is 90.2 cm³/mol. The molecule has 0 radical (unpaired) electrons. The first-order valence-corrected chi connectivity index (χ1v) is 7.18. The summed E-state index contributed by atoms with van der Waals surface area (Å²) < 4.78 is 5.82. The Balaban J connectivity index is 1.86. The normalized spacial score (nSPS) is 10.5. The third-order valence-electron chi connectivity index (χ3n) is 3.59. The van der Waals surface area contributed by atoms with Crippen LogP contribution in [0.3, 0.4) is 0 Å². The summed E-state index contributed by atoms with van der Waals surface area (Å²) in [4.78, 5) is 17.4. The standard InChI is InChI=1S/C18H17N3O2/c1-21(2)15-9-7-12(8-10-15)16-11-20-18(23-16)14-5-3-13(4-6-14)17(19)22/h3-11H,1-2H3,(H2,19,22). The van der Waals surface area contributed by atoms with E-state index in [2.05, 4.69) is 4.98 Å². The molecule has 0 fully saturated rings. The minimum absolute atomic E-state index is 0.453. The molecule has 0 spiro atoms. The van der Waals surface area contributed by atoms with Crippen LogP contribution in [0.4, 0.5) is 5.69 Å². The number of rotatable bonds is 4. The Labute approximate surface area is 134 Å². The van der Waals surface area contributed by atoms with Gasteiger partial charge in [0.25, 0.3) is 0 Å². The molecule has 5 heteroatoms. The molecule has 23 heavy (non-hydrogen) atoms. The molecule has 0 aliphatic carbocycles. The van der Waals surface area contributed by atoms with Gasteiger partial charge in [0.05, 0.1) is 6.20 Å². The first-order valence-electron chi connectivity index (χ1n) is 7.18. The van der Waals surface area contributed by atoms with Crippen LogP contribution in [0, 0.1) is 0 Å². The van der Waals surface area contributed by atoms with E-state index >= 15 is 0 Å². The van der Waals surface area contributed by atoms with Gasteiger partial charge in [0, 0.05) is 36.5 Å². The Hall–Kier alpha value is -3.08. The first-order chi connectivity index (χ1) is 11.0.